The van der Waals surface area contributed by atoms with Crippen LogP contribution in [-0.2, 0) is 21.6 Å². The van der Waals surface area contributed by atoms with Crippen molar-refractivity contribution in [3.63, 3.8) is 0 Å². The second-order valence-corrected chi connectivity index (χ2v) is 9.14. The zero-order chi connectivity index (χ0) is 21.4. The van der Waals surface area contributed by atoms with Crippen molar-refractivity contribution < 1.29 is 14.3 Å². The summed E-state index contributed by atoms with van der Waals surface area (Å²) in [6, 6.07) is 5.82. The first-order chi connectivity index (χ1) is 15.1. The minimum Gasteiger partial charge on any atom is -0.495 e. The number of methoxy groups -OCH3 is 1. The molecule has 0 bridgehead atoms. The Kier molecular flexibility index (Phi) is 5.23. The average Bonchev–Trinajstić information content (AvgIpc) is 3.50. The number of likely N-dealkylation sites (tertiary alicyclic amines) is 1. The van der Waals surface area contributed by atoms with Gasteiger partial charge in [0.1, 0.15) is 24.4 Å². The van der Waals surface area contributed by atoms with Gasteiger partial charge in [-0.3, -0.25) is 9.78 Å². The molecule has 162 valence electrons. The predicted octanol–water partition coefficient (Wildman–Crippen LogP) is 3.06. The van der Waals surface area contributed by atoms with Crippen LogP contribution in [0.4, 0.5) is 0 Å². The summed E-state index contributed by atoms with van der Waals surface area (Å²) in [6.45, 7) is 3.92. The summed E-state index contributed by atoms with van der Waals surface area (Å²) < 4.78 is 13.2. The molecular formula is C22H25N5O3S. The Hall–Kier alpha value is -2.78. The highest BCUT2D eigenvalue weighted by Crippen LogP contribution is 2.46. The van der Waals surface area contributed by atoms with Crippen molar-refractivity contribution in [3.8, 4) is 16.3 Å². The zero-order valence-electron chi connectivity index (χ0n) is 17.7. The van der Waals surface area contributed by atoms with Gasteiger partial charge in [0, 0.05) is 24.4 Å². The molecule has 2 aliphatic rings. The van der Waals surface area contributed by atoms with Gasteiger partial charge in [0.25, 0.3) is 0 Å². The lowest BCUT2D eigenvalue weighted by atomic mass is 9.82. The molecule has 31 heavy (non-hydrogen) atoms. The minimum absolute atomic E-state index is 0.0739. The number of pyridine rings is 1. The molecule has 0 radical (unpaired) electrons. The Morgan fingerprint density at radius 2 is 2.16 bits per heavy atom. The van der Waals surface area contributed by atoms with Crippen LogP contribution in [-0.4, -0.2) is 57.4 Å². The van der Waals surface area contributed by atoms with Crippen LogP contribution in [0.1, 0.15) is 36.2 Å². The van der Waals surface area contributed by atoms with Gasteiger partial charge in [0.2, 0.25) is 5.91 Å². The number of carbonyl (C=O) groups excluding carboxylic acids is 1. The fourth-order valence-electron chi connectivity index (χ4n) is 4.49. The van der Waals surface area contributed by atoms with Gasteiger partial charge in [-0.05, 0) is 43.5 Å². The van der Waals surface area contributed by atoms with Crippen LogP contribution in [0.5, 0.6) is 5.75 Å². The summed E-state index contributed by atoms with van der Waals surface area (Å²) in [5.41, 5.74) is 1.90. The maximum atomic E-state index is 12.9. The number of carbonyl (C=O) groups is 1. The fourth-order valence-corrected chi connectivity index (χ4v) is 5.69. The zero-order valence-corrected chi connectivity index (χ0v) is 18.5. The van der Waals surface area contributed by atoms with E-state index in [9.17, 15) is 4.79 Å². The molecule has 8 nitrogen and oxygen atoms in total. The maximum Gasteiger partial charge on any atom is 0.247 e. The standard InChI is InChI=1S/C22H25N5O3S/c1-15(27-14-23-13-25-27)21(28)26-8-6-22(7-9-26)17-11-20(31-19(17)5-10-30-22)18-4-3-16(29-2)12-24-18/h3-4,11-15H,5-10H2,1-2H3. The Labute approximate surface area is 184 Å². The normalized spacial score (nSPS) is 18.6. The van der Waals surface area contributed by atoms with Crippen molar-refractivity contribution in [1.29, 1.82) is 0 Å². The third-order valence-corrected chi connectivity index (χ3v) is 7.52. The molecule has 1 atom stereocenters. The number of rotatable bonds is 4. The monoisotopic (exact) mass is 439 g/mol. The number of nitrogens with zero attached hydrogens (tertiary/aromatic N) is 5. The van der Waals surface area contributed by atoms with Crippen molar-refractivity contribution in [3.05, 3.63) is 47.5 Å². The molecule has 1 fully saturated rings. The molecule has 0 aliphatic carbocycles. The van der Waals surface area contributed by atoms with Crippen molar-refractivity contribution in [2.24, 2.45) is 0 Å². The Balaban J connectivity index is 1.34. The van der Waals surface area contributed by atoms with Crippen LogP contribution in [0.15, 0.2) is 37.1 Å². The summed E-state index contributed by atoms with van der Waals surface area (Å²) in [4.78, 5) is 25.9. The molecular weight excluding hydrogens is 414 g/mol. The highest BCUT2D eigenvalue weighted by Gasteiger charge is 2.43. The van der Waals surface area contributed by atoms with Crippen molar-refractivity contribution in [2.45, 2.75) is 37.8 Å². The van der Waals surface area contributed by atoms with E-state index in [1.807, 2.05) is 24.0 Å². The number of aromatic nitrogens is 4. The first kappa shape index (κ1) is 20.1. The van der Waals surface area contributed by atoms with Gasteiger partial charge >= 0.3 is 0 Å². The second kappa shape index (κ2) is 8.05. The van der Waals surface area contributed by atoms with E-state index >= 15 is 0 Å². The molecule has 1 unspecified atom stereocenters. The van der Waals surface area contributed by atoms with E-state index < -0.39 is 0 Å². The Morgan fingerprint density at radius 1 is 1.32 bits per heavy atom. The maximum absolute atomic E-state index is 12.9. The van der Waals surface area contributed by atoms with Gasteiger partial charge in [-0.1, -0.05) is 0 Å². The fraction of sp³-hybridized carbons (Fsp3) is 0.455. The molecule has 3 aromatic rings. The number of fused-ring (bicyclic) bond motifs is 2. The number of hydrogen-bond donors (Lipinski definition) is 0. The van der Waals surface area contributed by atoms with Gasteiger partial charge in [-0.15, -0.1) is 11.3 Å². The molecule has 5 heterocycles. The largest absolute Gasteiger partial charge is 0.495 e. The van der Waals surface area contributed by atoms with Gasteiger partial charge in [0.15, 0.2) is 0 Å². The molecule has 5 rings (SSSR count). The number of ether oxygens (including phenoxy) is 2. The number of amides is 1. The molecule has 1 spiro atoms. The highest BCUT2D eigenvalue weighted by molar-refractivity contribution is 7.15. The van der Waals surface area contributed by atoms with Crippen LogP contribution < -0.4 is 4.74 Å². The summed E-state index contributed by atoms with van der Waals surface area (Å²) in [6.07, 6.45) is 7.30. The first-order valence-corrected chi connectivity index (χ1v) is 11.3. The predicted molar refractivity (Wildman–Crippen MR) is 116 cm³/mol. The SMILES string of the molecule is COc1ccc(-c2cc3c(s2)CCOC32CCN(C(=O)C(C)n3cncn3)CC2)nc1. The second-order valence-electron chi connectivity index (χ2n) is 8.00. The number of piperidine rings is 1. The van der Waals surface area contributed by atoms with Gasteiger partial charge in [-0.25, -0.2) is 9.67 Å². The van der Waals surface area contributed by atoms with E-state index in [4.69, 9.17) is 9.47 Å². The third-order valence-electron chi connectivity index (χ3n) is 6.31. The highest BCUT2D eigenvalue weighted by atomic mass is 32.1. The lowest BCUT2D eigenvalue weighted by Crippen LogP contribution is -2.49. The molecule has 9 heteroatoms. The van der Waals surface area contributed by atoms with Gasteiger partial charge in [0.05, 0.1) is 36.1 Å². The van der Waals surface area contributed by atoms with Crippen LogP contribution in [0, 0.1) is 0 Å². The Bertz CT molecular complexity index is 1060. The first-order valence-electron chi connectivity index (χ1n) is 10.5. The quantitative estimate of drug-likeness (QED) is 0.621. The van der Waals surface area contributed by atoms with Crippen molar-refractivity contribution >= 4 is 17.2 Å². The third kappa shape index (κ3) is 3.61. The Morgan fingerprint density at radius 3 is 2.84 bits per heavy atom. The lowest BCUT2D eigenvalue weighted by Gasteiger charge is -2.44. The molecule has 0 N–H and O–H groups in total. The van der Waals surface area contributed by atoms with E-state index in [1.54, 1.807) is 35.7 Å². The topological polar surface area (TPSA) is 82.4 Å². The van der Waals surface area contributed by atoms with E-state index in [1.165, 1.54) is 16.8 Å². The van der Waals surface area contributed by atoms with Crippen LogP contribution in [0.25, 0.3) is 10.6 Å². The van der Waals surface area contributed by atoms with Gasteiger partial charge in [-0.2, -0.15) is 5.10 Å². The lowest BCUT2D eigenvalue weighted by molar-refractivity contribution is -0.143. The number of thiophene rings is 1. The summed E-state index contributed by atoms with van der Waals surface area (Å²) in [5.74, 6) is 0.826. The van der Waals surface area contributed by atoms with E-state index in [0.29, 0.717) is 19.7 Å². The smallest absolute Gasteiger partial charge is 0.247 e. The van der Waals surface area contributed by atoms with E-state index in [0.717, 1.165) is 35.6 Å². The number of hydrogen-bond acceptors (Lipinski definition) is 7. The molecule has 3 aromatic heterocycles. The summed E-state index contributed by atoms with van der Waals surface area (Å²) in [5, 5.41) is 4.11. The molecule has 1 saturated heterocycles. The van der Waals surface area contributed by atoms with Gasteiger partial charge < -0.3 is 14.4 Å². The summed E-state index contributed by atoms with van der Waals surface area (Å²) >= 11 is 1.80. The van der Waals surface area contributed by atoms with Crippen LogP contribution in [0.2, 0.25) is 0 Å². The minimum atomic E-state index is -0.353. The molecule has 2 aliphatic heterocycles. The molecule has 0 aromatic carbocycles. The van der Waals surface area contributed by atoms with Crippen LogP contribution in [0.3, 0.4) is 0 Å². The van der Waals surface area contributed by atoms with Crippen molar-refractivity contribution in [1.82, 2.24) is 24.6 Å². The summed E-state index contributed by atoms with van der Waals surface area (Å²) in [7, 11) is 1.64. The molecule has 1 amide bonds. The van der Waals surface area contributed by atoms with E-state index in [-0.39, 0.29) is 17.6 Å². The van der Waals surface area contributed by atoms with Crippen LogP contribution >= 0.6 is 11.3 Å². The average molecular weight is 440 g/mol. The molecule has 0 saturated carbocycles. The van der Waals surface area contributed by atoms with Crippen molar-refractivity contribution in [2.75, 3.05) is 26.8 Å². The van der Waals surface area contributed by atoms with E-state index in [2.05, 4.69) is 21.1 Å².